The molecule has 1 saturated heterocycles. The van der Waals surface area contributed by atoms with Crippen molar-refractivity contribution >= 4 is 29.1 Å². The van der Waals surface area contributed by atoms with E-state index in [2.05, 4.69) is 10.6 Å². The van der Waals surface area contributed by atoms with E-state index >= 15 is 4.39 Å². The number of hydrogen-bond acceptors (Lipinski definition) is 5. The van der Waals surface area contributed by atoms with E-state index in [1.54, 1.807) is 11.9 Å². The molecule has 5 atom stereocenters. The SMILES string of the molecule is CN1[C@@H](C(=O)NCC[C@@H](O)CO)[C@H](c2cccc(Cl)c2F)[C@@]2(C(=O)Nc3cc(F)c(F)cc32)[C@H]1CC(C)(C)C. The zero-order valence-electron chi connectivity index (χ0n) is 22.2. The lowest BCUT2D eigenvalue weighted by atomic mass is 9.62. The van der Waals surface area contributed by atoms with E-state index in [1.165, 1.54) is 18.2 Å². The summed E-state index contributed by atoms with van der Waals surface area (Å²) in [5.74, 6) is -5.45. The molecule has 2 heterocycles. The van der Waals surface area contributed by atoms with Gasteiger partial charge in [0.1, 0.15) is 11.2 Å². The lowest BCUT2D eigenvalue weighted by Crippen LogP contribution is -2.50. The first-order chi connectivity index (χ1) is 18.2. The molecule has 4 N–H and O–H groups in total. The maximum atomic E-state index is 15.8. The average Bonchev–Trinajstić information content (AvgIpc) is 3.26. The highest BCUT2D eigenvalue weighted by Gasteiger charge is 2.68. The van der Waals surface area contributed by atoms with Gasteiger partial charge in [0.2, 0.25) is 11.8 Å². The Bertz CT molecular complexity index is 1290. The Hall–Kier alpha value is -2.66. The molecule has 0 saturated carbocycles. The molecule has 39 heavy (non-hydrogen) atoms. The van der Waals surface area contributed by atoms with Crippen LogP contribution in [-0.2, 0) is 15.0 Å². The van der Waals surface area contributed by atoms with Crippen LogP contribution in [-0.4, -0.2) is 65.3 Å². The molecular formula is C28H33ClF3N3O4. The summed E-state index contributed by atoms with van der Waals surface area (Å²) in [5.41, 5.74) is -1.87. The number of carbonyl (C=O) groups is 2. The molecule has 2 aromatic carbocycles. The molecule has 4 rings (SSSR count). The van der Waals surface area contributed by atoms with Crippen molar-refractivity contribution in [1.82, 2.24) is 10.2 Å². The van der Waals surface area contributed by atoms with Crippen LogP contribution < -0.4 is 10.6 Å². The normalized spacial score (nSPS) is 25.6. The van der Waals surface area contributed by atoms with Crippen molar-refractivity contribution in [1.29, 1.82) is 0 Å². The molecule has 0 unspecified atom stereocenters. The summed E-state index contributed by atoms with van der Waals surface area (Å²) in [5, 5.41) is 24.0. The molecule has 2 amide bonds. The number of nitrogens with one attached hydrogen (secondary N) is 2. The number of aliphatic hydroxyl groups excluding tert-OH is 2. The summed E-state index contributed by atoms with van der Waals surface area (Å²) >= 11 is 6.16. The van der Waals surface area contributed by atoms with Crippen LogP contribution in [0.4, 0.5) is 18.9 Å². The quantitative estimate of drug-likeness (QED) is 0.409. The Morgan fingerprint density at radius 2 is 1.90 bits per heavy atom. The Kier molecular flexibility index (Phi) is 8.06. The fourth-order valence-electron chi connectivity index (χ4n) is 6.14. The van der Waals surface area contributed by atoms with Crippen molar-refractivity contribution in [3.05, 3.63) is 63.9 Å². The third-order valence-corrected chi connectivity index (χ3v) is 8.06. The number of fused-ring (bicyclic) bond motifs is 2. The van der Waals surface area contributed by atoms with Crippen LogP contribution in [0, 0.1) is 22.9 Å². The van der Waals surface area contributed by atoms with Gasteiger partial charge in [-0.25, -0.2) is 13.2 Å². The number of likely N-dealkylation sites (N-methyl/N-ethyl adjacent to an activating group) is 1. The van der Waals surface area contributed by atoms with Gasteiger partial charge in [0, 0.05) is 30.3 Å². The first-order valence-electron chi connectivity index (χ1n) is 12.8. The highest BCUT2D eigenvalue weighted by Crippen LogP contribution is 2.60. The van der Waals surface area contributed by atoms with Crippen LogP contribution in [0.1, 0.15) is 50.7 Å². The number of benzene rings is 2. The van der Waals surface area contributed by atoms with Crippen molar-refractivity contribution in [3.63, 3.8) is 0 Å². The lowest BCUT2D eigenvalue weighted by molar-refractivity contribution is -0.126. The van der Waals surface area contributed by atoms with Gasteiger partial charge in [-0.2, -0.15) is 0 Å². The number of likely N-dealkylation sites (tertiary alicyclic amines) is 1. The Morgan fingerprint density at radius 3 is 2.54 bits per heavy atom. The van der Waals surface area contributed by atoms with Gasteiger partial charge in [0.25, 0.3) is 0 Å². The molecule has 0 aliphatic carbocycles. The van der Waals surface area contributed by atoms with Crippen LogP contribution in [0.2, 0.25) is 5.02 Å². The van der Waals surface area contributed by atoms with E-state index in [1.807, 2.05) is 20.8 Å². The van der Waals surface area contributed by atoms with E-state index in [0.29, 0.717) is 6.42 Å². The number of rotatable bonds is 7. The minimum atomic E-state index is -1.68. The van der Waals surface area contributed by atoms with E-state index in [-0.39, 0.29) is 40.2 Å². The number of amides is 2. The smallest absolute Gasteiger partial charge is 0.238 e. The van der Waals surface area contributed by atoms with Gasteiger partial charge in [-0.1, -0.05) is 44.5 Å². The molecular weight excluding hydrogens is 535 g/mol. The number of hydrogen-bond donors (Lipinski definition) is 4. The van der Waals surface area contributed by atoms with Gasteiger partial charge in [-0.15, -0.1) is 0 Å². The van der Waals surface area contributed by atoms with E-state index in [4.69, 9.17) is 16.7 Å². The summed E-state index contributed by atoms with van der Waals surface area (Å²) in [6.45, 7) is 5.38. The van der Waals surface area contributed by atoms with Crippen LogP contribution in [0.3, 0.4) is 0 Å². The first-order valence-corrected chi connectivity index (χ1v) is 13.1. The zero-order chi connectivity index (χ0) is 28.9. The van der Waals surface area contributed by atoms with Crippen molar-refractivity contribution in [2.45, 2.75) is 63.1 Å². The van der Waals surface area contributed by atoms with Crippen LogP contribution >= 0.6 is 11.6 Å². The third kappa shape index (κ3) is 5.03. The molecule has 0 aromatic heterocycles. The minimum Gasteiger partial charge on any atom is -0.394 e. The van der Waals surface area contributed by atoms with E-state index < -0.39 is 65.4 Å². The van der Waals surface area contributed by atoms with Crippen molar-refractivity contribution in [2.24, 2.45) is 5.41 Å². The number of anilines is 1. The third-order valence-electron chi connectivity index (χ3n) is 7.77. The van der Waals surface area contributed by atoms with E-state index in [9.17, 15) is 23.5 Å². The maximum absolute atomic E-state index is 15.8. The number of nitrogens with zero attached hydrogens (tertiary/aromatic N) is 1. The van der Waals surface area contributed by atoms with Gasteiger partial charge in [0.05, 0.1) is 23.8 Å². The molecule has 1 fully saturated rings. The second-order valence-electron chi connectivity index (χ2n) is 11.6. The molecule has 212 valence electrons. The summed E-state index contributed by atoms with van der Waals surface area (Å²) in [4.78, 5) is 29.6. The summed E-state index contributed by atoms with van der Waals surface area (Å²) < 4.78 is 44.8. The number of halogens is 4. The average molecular weight is 568 g/mol. The summed E-state index contributed by atoms with van der Waals surface area (Å²) in [6.07, 6.45) is -0.626. The van der Waals surface area contributed by atoms with Crippen molar-refractivity contribution in [2.75, 3.05) is 25.5 Å². The molecule has 1 spiro atoms. The lowest BCUT2D eigenvalue weighted by Gasteiger charge is -2.39. The highest BCUT2D eigenvalue weighted by atomic mass is 35.5. The molecule has 0 bridgehead atoms. The predicted octanol–water partition coefficient (Wildman–Crippen LogP) is 3.71. The zero-order valence-corrected chi connectivity index (χ0v) is 23.0. The Labute approximate surface area is 230 Å². The molecule has 2 aliphatic heterocycles. The number of carbonyl (C=O) groups excluding carboxylic acids is 2. The second kappa shape index (κ2) is 10.7. The van der Waals surface area contributed by atoms with Crippen LogP contribution in [0.15, 0.2) is 30.3 Å². The topological polar surface area (TPSA) is 102 Å². The fraction of sp³-hybridized carbons (Fsp3) is 0.500. The first kappa shape index (κ1) is 29.3. The predicted molar refractivity (Wildman–Crippen MR) is 141 cm³/mol. The molecule has 0 radical (unpaired) electrons. The van der Waals surface area contributed by atoms with Gasteiger partial charge in [-0.3, -0.25) is 14.5 Å². The minimum absolute atomic E-state index is 0.00552. The molecule has 7 nitrogen and oxygen atoms in total. The van der Waals surface area contributed by atoms with Gasteiger partial charge < -0.3 is 20.8 Å². The number of aliphatic hydroxyl groups is 2. The Balaban J connectivity index is 1.98. The van der Waals surface area contributed by atoms with E-state index in [0.717, 1.165) is 12.1 Å². The fourth-order valence-corrected chi connectivity index (χ4v) is 6.32. The summed E-state index contributed by atoms with van der Waals surface area (Å²) in [6, 6.07) is 4.31. The molecule has 2 aromatic rings. The second-order valence-corrected chi connectivity index (χ2v) is 12.0. The van der Waals surface area contributed by atoms with Gasteiger partial charge in [-0.05, 0) is 48.6 Å². The van der Waals surface area contributed by atoms with Crippen LogP contribution in [0.25, 0.3) is 0 Å². The van der Waals surface area contributed by atoms with Gasteiger partial charge >= 0.3 is 0 Å². The summed E-state index contributed by atoms with van der Waals surface area (Å²) in [7, 11) is 1.65. The highest BCUT2D eigenvalue weighted by molar-refractivity contribution is 6.30. The molecule has 11 heteroatoms. The van der Waals surface area contributed by atoms with Crippen molar-refractivity contribution < 1.29 is 33.0 Å². The largest absolute Gasteiger partial charge is 0.394 e. The van der Waals surface area contributed by atoms with Crippen molar-refractivity contribution in [3.8, 4) is 0 Å². The maximum Gasteiger partial charge on any atom is 0.238 e. The monoisotopic (exact) mass is 567 g/mol. The van der Waals surface area contributed by atoms with Gasteiger partial charge in [0.15, 0.2) is 11.6 Å². The molecule has 2 aliphatic rings. The van der Waals surface area contributed by atoms with Crippen LogP contribution in [0.5, 0.6) is 0 Å². The standard InChI is InChI=1S/C28H33ClF3N3O4/c1-27(2,3)12-21-28(16-10-18(30)19(31)11-20(16)34-26(28)39)22(15-6-5-7-17(29)23(15)32)24(35(21)4)25(38)33-9-8-14(37)13-36/h5-7,10-11,14,21-22,24,36-37H,8-9,12-13H2,1-4H3,(H,33,38)(H,34,39)/t14-,21-,22+,24-,28+/m1/s1. The Morgan fingerprint density at radius 1 is 1.23 bits per heavy atom.